The Balaban J connectivity index is 1.28. The van der Waals surface area contributed by atoms with Crippen LogP contribution in [0.2, 0.25) is 0 Å². The van der Waals surface area contributed by atoms with Crippen LogP contribution in [-0.2, 0) is 0 Å². The van der Waals surface area contributed by atoms with E-state index in [4.69, 9.17) is 0 Å². The summed E-state index contributed by atoms with van der Waals surface area (Å²) in [7, 11) is 0. The van der Waals surface area contributed by atoms with Crippen molar-refractivity contribution in [2.45, 2.75) is 9.79 Å². The summed E-state index contributed by atoms with van der Waals surface area (Å²) in [6, 6.07) is 47.6. The lowest BCUT2D eigenvalue weighted by molar-refractivity contribution is 1.12. The number of fused-ring (bicyclic) bond motifs is 5. The average molecular weight is 518 g/mol. The maximum Gasteiger partial charge on any atom is 0.0701 e. The zero-order chi connectivity index (χ0) is 25.8. The minimum absolute atomic E-state index is 0.981. The minimum Gasteiger partial charge on any atom is -0.309 e. The molecule has 0 spiro atoms. The van der Waals surface area contributed by atoms with E-state index in [1.807, 2.05) is 36.2 Å². The number of pyridine rings is 1. The highest BCUT2D eigenvalue weighted by Gasteiger charge is 2.25. The van der Waals surface area contributed by atoms with Gasteiger partial charge in [-0.3, -0.25) is 4.98 Å². The Bertz CT molecular complexity index is 1940. The standard InChI is InChI=1S/C35H23N3S/c1-3-12-30-27(9-1)28-10-2-4-13-31(28)38(30)26-20-21-33-35(23-26)39-34-15-6-5-14-32(34)37(33)25-18-16-24(17-19-25)29-11-7-8-22-36-29/h1-23H. The van der Waals surface area contributed by atoms with Gasteiger partial charge in [0.05, 0.1) is 28.1 Å². The molecule has 5 aromatic carbocycles. The van der Waals surface area contributed by atoms with Crippen molar-refractivity contribution in [1.29, 1.82) is 0 Å². The number of rotatable bonds is 3. The summed E-state index contributed by atoms with van der Waals surface area (Å²) in [4.78, 5) is 9.38. The number of benzene rings is 5. The van der Waals surface area contributed by atoms with Crippen molar-refractivity contribution in [2.24, 2.45) is 0 Å². The average Bonchev–Trinajstić information content (AvgIpc) is 3.35. The van der Waals surface area contributed by atoms with Gasteiger partial charge in [0.1, 0.15) is 0 Å². The first-order valence-corrected chi connectivity index (χ1v) is 13.9. The molecule has 3 nitrogen and oxygen atoms in total. The summed E-state index contributed by atoms with van der Waals surface area (Å²) in [5, 5.41) is 2.55. The third kappa shape index (κ3) is 3.57. The van der Waals surface area contributed by atoms with E-state index in [9.17, 15) is 0 Å². The van der Waals surface area contributed by atoms with Gasteiger partial charge in [0.15, 0.2) is 0 Å². The van der Waals surface area contributed by atoms with Gasteiger partial charge in [-0.15, -0.1) is 0 Å². The summed E-state index contributed by atoms with van der Waals surface area (Å²) < 4.78 is 2.39. The second-order valence-corrected chi connectivity index (χ2v) is 10.8. The largest absolute Gasteiger partial charge is 0.309 e. The van der Waals surface area contributed by atoms with Gasteiger partial charge < -0.3 is 9.47 Å². The predicted molar refractivity (Wildman–Crippen MR) is 163 cm³/mol. The molecular weight excluding hydrogens is 494 g/mol. The SMILES string of the molecule is c1ccc(-c2ccc(N3c4ccccc4Sc4cc(-n5c6ccccc6c6ccccc65)ccc43)cc2)nc1. The first kappa shape index (κ1) is 22.2. The van der Waals surface area contributed by atoms with Crippen LogP contribution >= 0.6 is 11.8 Å². The third-order valence-corrected chi connectivity index (χ3v) is 8.55. The van der Waals surface area contributed by atoms with Gasteiger partial charge in [0, 0.05) is 43.7 Å². The van der Waals surface area contributed by atoms with Gasteiger partial charge in [-0.05, 0) is 66.7 Å². The highest BCUT2D eigenvalue weighted by atomic mass is 32.2. The Hall–Kier alpha value is -4.80. The van der Waals surface area contributed by atoms with Crippen molar-refractivity contribution in [3.63, 3.8) is 0 Å². The van der Waals surface area contributed by atoms with Crippen molar-refractivity contribution < 1.29 is 0 Å². The zero-order valence-corrected chi connectivity index (χ0v) is 21.8. The molecule has 184 valence electrons. The normalized spacial score (nSPS) is 12.5. The smallest absolute Gasteiger partial charge is 0.0701 e. The molecule has 8 rings (SSSR count). The molecule has 2 aromatic heterocycles. The molecule has 0 saturated carbocycles. The van der Waals surface area contributed by atoms with Gasteiger partial charge in [-0.2, -0.15) is 0 Å². The Kier molecular flexibility index (Phi) is 5.07. The molecule has 0 aliphatic carbocycles. The summed E-state index contributed by atoms with van der Waals surface area (Å²) in [6.45, 7) is 0. The molecule has 0 fully saturated rings. The fourth-order valence-corrected chi connectivity index (χ4v) is 6.77. The highest BCUT2D eigenvalue weighted by molar-refractivity contribution is 7.99. The van der Waals surface area contributed by atoms with E-state index in [-0.39, 0.29) is 0 Å². The number of anilines is 3. The molecule has 0 bridgehead atoms. The Labute approximate surface area is 231 Å². The van der Waals surface area contributed by atoms with Crippen LogP contribution in [-0.4, -0.2) is 9.55 Å². The molecule has 0 saturated heterocycles. The van der Waals surface area contributed by atoms with Gasteiger partial charge >= 0.3 is 0 Å². The number of para-hydroxylation sites is 3. The fourth-order valence-electron chi connectivity index (χ4n) is 5.68. The van der Waals surface area contributed by atoms with Crippen molar-refractivity contribution in [2.75, 3.05) is 4.90 Å². The lowest BCUT2D eigenvalue weighted by Crippen LogP contribution is -2.15. The lowest BCUT2D eigenvalue weighted by atomic mass is 10.1. The topological polar surface area (TPSA) is 21.1 Å². The maximum absolute atomic E-state index is 4.52. The Morgan fingerprint density at radius 3 is 1.90 bits per heavy atom. The lowest BCUT2D eigenvalue weighted by Gasteiger charge is -2.33. The summed E-state index contributed by atoms with van der Waals surface area (Å²) in [5.41, 5.74) is 9.23. The van der Waals surface area contributed by atoms with E-state index in [0.717, 1.165) is 16.9 Å². The summed E-state index contributed by atoms with van der Waals surface area (Å²) in [6.07, 6.45) is 1.84. The number of hydrogen-bond acceptors (Lipinski definition) is 3. The minimum atomic E-state index is 0.981. The number of aromatic nitrogens is 2. The van der Waals surface area contributed by atoms with Crippen LogP contribution in [0.25, 0.3) is 38.8 Å². The van der Waals surface area contributed by atoms with E-state index in [0.29, 0.717) is 0 Å². The molecule has 7 aromatic rings. The first-order chi connectivity index (χ1) is 19.3. The van der Waals surface area contributed by atoms with E-state index in [2.05, 4.69) is 130 Å². The monoisotopic (exact) mass is 517 g/mol. The van der Waals surface area contributed by atoms with E-state index >= 15 is 0 Å². The molecule has 1 aliphatic heterocycles. The van der Waals surface area contributed by atoms with Crippen LogP contribution in [0.5, 0.6) is 0 Å². The predicted octanol–water partition coefficient (Wildman–Crippen LogP) is 9.78. The maximum atomic E-state index is 4.52. The number of nitrogens with zero attached hydrogens (tertiary/aromatic N) is 3. The van der Waals surface area contributed by atoms with E-state index < -0.39 is 0 Å². The molecule has 3 heterocycles. The van der Waals surface area contributed by atoms with Crippen LogP contribution in [0.1, 0.15) is 0 Å². The van der Waals surface area contributed by atoms with Gasteiger partial charge in [-0.25, -0.2) is 0 Å². The van der Waals surface area contributed by atoms with Crippen LogP contribution in [0.4, 0.5) is 17.1 Å². The van der Waals surface area contributed by atoms with Crippen molar-refractivity contribution in [3.05, 3.63) is 140 Å². The quantitative estimate of drug-likeness (QED) is 0.233. The second kappa shape index (κ2) is 8.90. The van der Waals surface area contributed by atoms with Gasteiger partial charge in [0.2, 0.25) is 0 Å². The third-order valence-electron chi connectivity index (χ3n) is 7.43. The van der Waals surface area contributed by atoms with E-state index in [1.165, 1.54) is 48.7 Å². The molecule has 4 heteroatoms. The van der Waals surface area contributed by atoms with E-state index in [1.54, 1.807) is 0 Å². The highest BCUT2D eigenvalue weighted by Crippen LogP contribution is 2.52. The van der Waals surface area contributed by atoms with Crippen molar-refractivity contribution in [3.8, 4) is 16.9 Å². The number of hydrogen-bond donors (Lipinski definition) is 0. The van der Waals surface area contributed by atoms with Crippen LogP contribution < -0.4 is 4.90 Å². The second-order valence-electron chi connectivity index (χ2n) is 9.69. The molecule has 0 unspecified atom stereocenters. The Morgan fingerprint density at radius 1 is 0.513 bits per heavy atom. The van der Waals surface area contributed by atoms with Crippen LogP contribution in [0, 0.1) is 0 Å². The van der Waals surface area contributed by atoms with Crippen molar-refractivity contribution >= 4 is 50.6 Å². The summed E-state index contributed by atoms with van der Waals surface area (Å²) >= 11 is 1.84. The molecule has 0 radical (unpaired) electrons. The van der Waals surface area contributed by atoms with Crippen LogP contribution in [0.3, 0.4) is 0 Å². The molecule has 0 atom stereocenters. The molecule has 0 amide bonds. The van der Waals surface area contributed by atoms with Crippen molar-refractivity contribution in [1.82, 2.24) is 9.55 Å². The van der Waals surface area contributed by atoms with Gasteiger partial charge in [-0.1, -0.05) is 78.5 Å². The molecule has 1 aliphatic rings. The Morgan fingerprint density at radius 2 is 1.15 bits per heavy atom. The van der Waals surface area contributed by atoms with Crippen LogP contribution in [0.15, 0.2) is 149 Å². The summed E-state index contributed by atoms with van der Waals surface area (Å²) in [5.74, 6) is 0. The zero-order valence-electron chi connectivity index (χ0n) is 21.0. The molecular formula is C35H23N3S. The molecule has 39 heavy (non-hydrogen) atoms. The fraction of sp³-hybridized carbons (Fsp3) is 0. The van der Waals surface area contributed by atoms with Gasteiger partial charge in [0.25, 0.3) is 0 Å². The molecule has 0 N–H and O–H groups in total. The first-order valence-electron chi connectivity index (χ1n) is 13.1.